The Balaban J connectivity index is 1.79. The fourth-order valence-electron chi connectivity index (χ4n) is 3.45. The number of aryl methyl sites for hydroxylation is 1. The number of hydrogen-bond acceptors (Lipinski definition) is 5. The number of halogens is 1. The molecule has 2 heterocycles. The van der Waals surface area contributed by atoms with Crippen LogP contribution in [0.4, 0.5) is 10.2 Å². The van der Waals surface area contributed by atoms with Gasteiger partial charge in [0, 0.05) is 36.8 Å². The summed E-state index contributed by atoms with van der Waals surface area (Å²) < 4.78 is 15.5. The molecule has 1 aliphatic heterocycles. The van der Waals surface area contributed by atoms with Crippen LogP contribution in [-0.4, -0.2) is 33.8 Å². The zero-order valence-electron chi connectivity index (χ0n) is 17.9. The largest absolute Gasteiger partial charge is 0.351 e. The maximum Gasteiger partial charge on any atom is 0.125 e. The van der Waals surface area contributed by atoms with E-state index in [2.05, 4.69) is 45.5 Å². The number of hydrogen-bond donors (Lipinski definition) is 1. The first-order valence-corrected chi connectivity index (χ1v) is 10.0. The minimum Gasteiger partial charge on any atom is -0.351 e. The Morgan fingerprint density at radius 3 is 2.84 bits per heavy atom. The minimum atomic E-state index is -0.240. The summed E-state index contributed by atoms with van der Waals surface area (Å²) in [5, 5.41) is 7.36. The second-order valence-electron chi connectivity index (χ2n) is 7.01. The third kappa shape index (κ3) is 5.45. The molecule has 1 N–H and O–H groups in total. The van der Waals surface area contributed by atoms with Gasteiger partial charge in [-0.25, -0.2) is 4.39 Å². The molecule has 6 nitrogen and oxygen atoms in total. The van der Waals surface area contributed by atoms with Crippen LogP contribution >= 0.6 is 0 Å². The summed E-state index contributed by atoms with van der Waals surface area (Å²) in [6, 6.07) is 8.58. The number of aliphatic imine (C=N–C) groups is 2. The standard InChI is InChI=1S/C24H27FN6/c1-5-23(20-7-6-8-21(25)16-20)31-14-11-19(15-18(31)2)22(9-12-26-3)27-17-28-24-10-13-29-30(24)4/h6-16,23,28H,2-3,5,17H2,1,4H3/b12-9-,27-22?. The van der Waals surface area contributed by atoms with E-state index in [4.69, 9.17) is 0 Å². The van der Waals surface area contributed by atoms with Crippen molar-refractivity contribution in [3.05, 3.63) is 96.4 Å². The summed E-state index contributed by atoms with van der Waals surface area (Å²) in [6.07, 6.45) is 11.9. The van der Waals surface area contributed by atoms with Gasteiger partial charge in [0.1, 0.15) is 18.3 Å². The van der Waals surface area contributed by atoms with Crippen LogP contribution in [0, 0.1) is 5.82 Å². The molecule has 3 rings (SSSR count). The molecule has 2 aromatic rings. The third-order valence-corrected chi connectivity index (χ3v) is 4.99. The average Bonchev–Trinajstić information content (AvgIpc) is 3.17. The Morgan fingerprint density at radius 2 is 2.19 bits per heavy atom. The van der Waals surface area contributed by atoms with Crippen molar-refractivity contribution in [3.63, 3.8) is 0 Å². The molecular weight excluding hydrogens is 391 g/mol. The lowest BCUT2D eigenvalue weighted by Gasteiger charge is -2.33. The number of nitrogens with zero attached hydrogens (tertiary/aromatic N) is 5. The van der Waals surface area contributed by atoms with E-state index in [-0.39, 0.29) is 11.9 Å². The molecule has 0 spiro atoms. The highest BCUT2D eigenvalue weighted by Gasteiger charge is 2.21. The first kappa shape index (κ1) is 22.0. The average molecular weight is 419 g/mol. The molecule has 0 bridgehead atoms. The lowest BCUT2D eigenvalue weighted by atomic mass is 9.99. The Hall–Kier alpha value is -3.74. The van der Waals surface area contributed by atoms with Gasteiger partial charge in [-0.3, -0.25) is 14.7 Å². The molecule has 0 radical (unpaired) electrons. The molecular formula is C24H27FN6. The monoisotopic (exact) mass is 418 g/mol. The van der Waals surface area contributed by atoms with Gasteiger partial charge < -0.3 is 10.2 Å². The maximum absolute atomic E-state index is 13.7. The quantitative estimate of drug-likeness (QED) is 0.583. The van der Waals surface area contributed by atoms with Gasteiger partial charge in [-0.15, -0.1) is 0 Å². The highest BCUT2D eigenvalue weighted by Crippen LogP contribution is 2.31. The fraction of sp³-hybridized carbons (Fsp3) is 0.208. The van der Waals surface area contributed by atoms with Crippen molar-refractivity contribution in [1.82, 2.24) is 14.7 Å². The maximum atomic E-state index is 13.7. The zero-order chi connectivity index (χ0) is 22.2. The number of aromatic nitrogens is 2. The number of benzene rings is 1. The normalized spacial score (nSPS) is 15.3. The predicted molar refractivity (Wildman–Crippen MR) is 125 cm³/mol. The van der Waals surface area contributed by atoms with Crippen LogP contribution in [0.1, 0.15) is 24.9 Å². The molecule has 7 heteroatoms. The van der Waals surface area contributed by atoms with Crippen LogP contribution in [0.3, 0.4) is 0 Å². The third-order valence-electron chi connectivity index (χ3n) is 4.99. The summed E-state index contributed by atoms with van der Waals surface area (Å²) in [6.45, 7) is 10.2. The molecule has 1 aliphatic rings. The summed E-state index contributed by atoms with van der Waals surface area (Å²) >= 11 is 0. The summed E-state index contributed by atoms with van der Waals surface area (Å²) in [7, 11) is 1.86. The van der Waals surface area contributed by atoms with Gasteiger partial charge in [0.05, 0.1) is 18.0 Å². The van der Waals surface area contributed by atoms with Crippen molar-refractivity contribution < 1.29 is 4.39 Å². The van der Waals surface area contributed by atoms with Crippen LogP contribution in [0.15, 0.2) is 95.0 Å². The van der Waals surface area contributed by atoms with Crippen molar-refractivity contribution in [2.45, 2.75) is 19.4 Å². The van der Waals surface area contributed by atoms with Crippen LogP contribution in [0.2, 0.25) is 0 Å². The Labute approximate surface area is 182 Å². The Bertz CT molecular complexity index is 1060. The lowest BCUT2D eigenvalue weighted by molar-refractivity contribution is 0.343. The van der Waals surface area contributed by atoms with E-state index >= 15 is 0 Å². The lowest BCUT2D eigenvalue weighted by Crippen LogP contribution is -2.24. The molecule has 1 unspecified atom stereocenters. The van der Waals surface area contributed by atoms with Crippen LogP contribution in [-0.2, 0) is 7.05 Å². The topological polar surface area (TPSA) is 57.8 Å². The second-order valence-corrected chi connectivity index (χ2v) is 7.01. The van der Waals surface area contributed by atoms with Crippen LogP contribution < -0.4 is 5.32 Å². The molecule has 0 aliphatic carbocycles. The van der Waals surface area contributed by atoms with Crippen LogP contribution in [0.5, 0.6) is 0 Å². The van der Waals surface area contributed by atoms with Crippen molar-refractivity contribution in [2.24, 2.45) is 17.0 Å². The van der Waals surface area contributed by atoms with Gasteiger partial charge >= 0.3 is 0 Å². The van der Waals surface area contributed by atoms with Crippen molar-refractivity contribution in [2.75, 3.05) is 12.0 Å². The SMILES string of the molecule is C=N/C=C\C(=NCNc1ccnn1C)C1=CC(=C)N(C(CC)c2cccc(F)c2)C=C1. The molecule has 0 fully saturated rings. The van der Waals surface area contributed by atoms with E-state index in [1.54, 1.807) is 35.3 Å². The fourth-order valence-corrected chi connectivity index (χ4v) is 3.45. The van der Waals surface area contributed by atoms with E-state index in [1.165, 1.54) is 6.07 Å². The summed E-state index contributed by atoms with van der Waals surface area (Å²) in [5.41, 5.74) is 3.37. The van der Waals surface area contributed by atoms with Crippen LogP contribution in [0.25, 0.3) is 0 Å². The Morgan fingerprint density at radius 1 is 1.35 bits per heavy atom. The molecule has 0 saturated carbocycles. The highest BCUT2D eigenvalue weighted by atomic mass is 19.1. The van der Waals surface area contributed by atoms with E-state index < -0.39 is 0 Å². The first-order chi connectivity index (χ1) is 15.0. The number of nitrogens with one attached hydrogen (secondary N) is 1. The van der Waals surface area contributed by atoms with Crippen molar-refractivity contribution >= 4 is 18.2 Å². The van der Waals surface area contributed by atoms with Gasteiger partial charge in [0.15, 0.2) is 0 Å². The van der Waals surface area contributed by atoms with E-state index in [0.717, 1.165) is 34.8 Å². The molecule has 0 amide bonds. The van der Waals surface area contributed by atoms with Gasteiger partial charge in [0.2, 0.25) is 0 Å². The van der Waals surface area contributed by atoms with E-state index in [9.17, 15) is 4.39 Å². The number of rotatable bonds is 9. The first-order valence-electron chi connectivity index (χ1n) is 10.0. The van der Waals surface area contributed by atoms with Gasteiger partial charge in [0.25, 0.3) is 0 Å². The molecule has 31 heavy (non-hydrogen) atoms. The molecule has 1 aromatic heterocycles. The van der Waals surface area contributed by atoms with Crippen molar-refractivity contribution in [1.29, 1.82) is 0 Å². The van der Waals surface area contributed by atoms with E-state index in [1.807, 2.05) is 37.5 Å². The number of allylic oxidation sites excluding steroid dienone is 4. The van der Waals surface area contributed by atoms with Gasteiger partial charge in [-0.1, -0.05) is 25.6 Å². The molecule has 1 atom stereocenters. The molecule has 1 aromatic carbocycles. The Kier molecular flexibility index (Phi) is 7.32. The van der Waals surface area contributed by atoms with E-state index in [0.29, 0.717) is 6.67 Å². The minimum absolute atomic E-state index is 0.00506. The predicted octanol–water partition coefficient (Wildman–Crippen LogP) is 5.00. The zero-order valence-corrected chi connectivity index (χ0v) is 17.9. The van der Waals surface area contributed by atoms with Gasteiger partial charge in [-0.2, -0.15) is 5.10 Å². The molecule has 160 valence electrons. The highest BCUT2D eigenvalue weighted by molar-refractivity contribution is 6.10. The number of anilines is 1. The summed E-state index contributed by atoms with van der Waals surface area (Å²) in [4.78, 5) is 10.5. The second kappa shape index (κ2) is 10.3. The van der Waals surface area contributed by atoms with Gasteiger partial charge in [-0.05, 0) is 49.1 Å². The molecule has 0 saturated heterocycles. The van der Waals surface area contributed by atoms with Crippen molar-refractivity contribution in [3.8, 4) is 0 Å². The summed E-state index contributed by atoms with van der Waals surface area (Å²) in [5.74, 6) is 0.634. The smallest absolute Gasteiger partial charge is 0.125 e.